The Labute approximate surface area is 127 Å². The van der Waals surface area contributed by atoms with Crippen molar-refractivity contribution >= 4 is 28.9 Å². The van der Waals surface area contributed by atoms with Crippen molar-refractivity contribution in [2.24, 2.45) is 0 Å². The Morgan fingerprint density at radius 3 is 2.59 bits per heavy atom. The predicted molar refractivity (Wildman–Crippen MR) is 72.8 cm³/mol. The molecule has 0 radical (unpaired) electrons. The number of pyridine rings is 1. The average molecular weight is 329 g/mol. The normalized spacial score (nSPS) is 17.8. The SMILES string of the molecule is O=C1C(O)c2ccc(C(F)(F)F)cc2N1c1ccnc(Cl)c1. The van der Waals surface area contributed by atoms with Crippen molar-refractivity contribution < 1.29 is 23.1 Å². The van der Waals surface area contributed by atoms with Gasteiger partial charge >= 0.3 is 6.18 Å². The molecule has 22 heavy (non-hydrogen) atoms. The minimum Gasteiger partial charge on any atom is -0.378 e. The van der Waals surface area contributed by atoms with E-state index in [0.29, 0.717) is 0 Å². The molecule has 0 fully saturated rings. The molecule has 1 amide bonds. The number of carbonyl (C=O) groups is 1. The lowest BCUT2D eigenvalue weighted by atomic mass is 10.1. The number of nitrogens with zero attached hydrogens (tertiary/aromatic N) is 2. The van der Waals surface area contributed by atoms with E-state index >= 15 is 0 Å². The summed E-state index contributed by atoms with van der Waals surface area (Å²) >= 11 is 5.75. The monoisotopic (exact) mass is 328 g/mol. The van der Waals surface area contributed by atoms with Crippen molar-refractivity contribution in [2.45, 2.75) is 12.3 Å². The lowest BCUT2D eigenvalue weighted by molar-refractivity contribution is -0.137. The van der Waals surface area contributed by atoms with Gasteiger partial charge in [0, 0.05) is 11.8 Å². The highest BCUT2D eigenvalue weighted by molar-refractivity contribution is 6.29. The molecule has 1 aromatic carbocycles. The molecular weight excluding hydrogens is 321 g/mol. The Morgan fingerprint density at radius 2 is 1.95 bits per heavy atom. The van der Waals surface area contributed by atoms with Crippen LogP contribution in [0.3, 0.4) is 0 Å². The number of amides is 1. The number of aliphatic hydroxyl groups excluding tert-OH is 1. The third-order valence-corrected chi connectivity index (χ3v) is 3.52. The van der Waals surface area contributed by atoms with E-state index in [1.54, 1.807) is 0 Å². The van der Waals surface area contributed by atoms with Crippen molar-refractivity contribution in [2.75, 3.05) is 4.90 Å². The van der Waals surface area contributed by atoms with E-state index in [4.69, 9.17) is 11.6 Å². The van der Waals surface area contributed by atoms with Gasteiger partial charge in [0.1, 0.15) is 5.15 Å². The highest BCUT2D eigenvalue weighted by atomic mass is 35.5. The Bertz CT molecular complexity index is 764. The molecule has 8 heteroatoms. The summed E-state index contributed by atoms with van der Waals surface area (Å²) in [4.78, 5) is 16.9. The molecule has 2 aromatic rings. The minimum absolute atomic E-state index is 0.0189. The van der Waals surface area contributed by atoms with Gasteiger partial charge in [-0.25, -0.2) is 4.98 Å². The second-order valence-electron chi connectivity index (χ2n) is 4.68. The second kappa shape index (κ2) is 4.96. The van der Waals surface area contributed by atoms with E-state index in [9.17, 15) is 23.1 Å². The van der Waals surface area contributed by atoms with Gasteiger partial charge in [-0.15, -0.1) is 0 Å². The second-order valence-corrected chi connectivity index (χ2v) is 5.07. The number of hydrogen-bond acceptors (Lipinski definition) is 3. The van der Waals surface area contributed by atoms with Crippen molar-refractivity contribution in [1.82, 2.24) is 4.98 Å². The first kappa shape index (κ1) is 14.8. The summed E-state index contributed by atoms with van der Waals surface area (Å²) in [7, 11) is 0. The van der Waals surface area contributed by atoms with Crippen LogP contribution in [0.5, 0.6) is 0 Å². The maximum absolute atomic E-state index is 12.8. The van der Waals surface area contributed by atoms with Crippen molar-refractivity contribution in [1.29, 1.82) is 0 Å². The van der Waals surface area contributed by atoms with E-state index in [-0.39, 0.29) is 22.1 Å². The van der Waals surface area contributed by atoms with Gasteiger partial charge in [0.25, 0.3) is 5.91 Å². The zero-order valence-corrected chi connectivity index (χ0v) is 11.6. The van der Waals surface area contributed by atoms with Crippen LogP contribution in [0.25, 0.3) is 0 Å². The standard InChI is InChI=1S/C14H8ClF3N2O2/c15-11-6-8(3-4-19-11)20-10-5-7(14(16,17)18)1-2-9(10)12(21)13(20)22/h1-6,12,21H. The van der Waals surface area contributed by atoms with Gasteiger partial charge in [0.2, 0.25) is 0 Å². The molecule has 3 rings (SSSR count). The topological polar surface area (TPSA) is 53.4 Å². The fraction of sp³-hybridized carbons (Fsp3) is 0.143. The first-order valence-corrected chi connectivity index (χ1v) is 6.51. The number of halogens is 4. The zero-order valence-electron chi connectivity index (χ0n) is 10.8. The molecule has 0 saturated carbocycles. The molecule has 2 heterocycles. The molecule has 0 saturated heterocycles. The Morgan fingerprint density at radius 1 is 1.23 bits per heavy atom. The van der Waals surface area contributed by atoms with E-state index in [1.165, 1.54) is 18.3 Å². The molecule has 114 valence electrons. The number of anilines is 2. The number of aromatic nitrogens is 1. The molecule has 1 aromatic heterocycles. The van der Waals surface area contributed by atoms with E-state index in [0.717, 1.165) is 23.1 Å². The zero-order chi connectivity index (χ0) is 16.1. The smallest absolute Gasteiger partial charge is 0.378 e. The molecule has 4 nitrogen and oxygen atoms in total. The number of rotatable bonds is 1. The molecule has 1 aliphatic rings. The third kappa shape index (κ3) is 2.32. The molecule has 0 bridgehead atoms. The van der Waals surface area contributed by atoms with Gasteiger partial charge in [-0.2, -0.15) is 13.2 Å². The highest BCUT2D eigenvalue weighted by Crippen LogP contribution is 2.43. The molecular formula is C14H8ClF3N2O2. The fourth-order valence-electron chi connectivity index (χ4n) is 2.32. The van der Waals surface area contributed by atoms with Crippen LogP contribution >= 0.6 is 11.6 Å². The maximum atomic E-state index is 12.8. The number of fused-ring (bicyclic) bond motifs is 1. The number of alkyl halides is 3. The number of carbonyl (C=O) groups excluding carboxylic acids is 1. The lowest BCUT2D eigenvalue weighted by Gasteiger charge is -2.18. The lowest BCUT2D eigenvalue weighted by Crippen LogP contribution is -2.23. The Kier molecular flexibility index (Phi) is 3.34. The van der Waals surface area contributed by atoms with Crippen LogP contribution in [0.4, 0.5) is 24.5 Å². The summed E-state index contributed by atoms with van der Waals surface area (Å²) in [5.74, 6) is -0.739. The van der Waals surface area contributed by atoms with Gasteiger partial charge in [-0.05, 0) is 24.3 Å². The molecule has 0 spiro atoms. The quantitative estimate of drug-likeness (QED) is 0.816. The largest absolute Gasteiger partial charge is 0.416 e. The van der Waals surface area contributed by atoms with Gasteiger partial charge in [0.15, 0.2) is 6.10 Å². The summed E-state index contributed by atoms with van der Waals surface area (Å²) in [6.07, 6.45) is -4.74. The Balaban J connectivity index is 2.17. The van der Waals surface area contributed by atoms with Crippen LogP contribution in [0, 0.1) is 0 Å². The van der Waals surface area contributed by atoms with Crippen molar-refractivity contribution in [3.8, 4) is 0 Å². The van der Waals surface area contributed by atoms with Crippen molar-refractivity contribution in [3.63, 3.8) is 0 Å². The van der Waals surface area contributed by atoms with Crippen LogP contribution in [-0.2, 0) is 11.0 Å². The first-order chi connectivity index (χ1) is 10.3. The minimum atomic E-state index is -4.55. The number of hydrogen-bond donors (Lipinski definition) is 1. The van der Waals surface area contributed by atoms with Crippen LogP contribution < -0.4 is 4.90 Å². The number of benzene rings is 1. The summed E-state index contributed by atoms with van der Waals surface area (Å²) in [6.45, 7) is 0. The fourth-order valence-corrected chi connectivity index (χ4v) is 2.48. The van der Waals surface area contributed by atoms with Crippen LogP contribution in [0.15, 0.2) is 36.5 Å². The van der Waals surface area contributed by atoms with Gasteiger partial charge < -0.3 is 5.11 Å². The van der Waals surface area contributed by atoms with E-state index in [1.807, 2.05) is 0 Å². The van der Waals surface area contributed by atoms with Gasteiger partial charge in [0.05, 0.1) is 16.9 Å². The van der Waals surface area contributed by atoms with E-state index in [2.05, 4.69) is 4.98 Å². The first-order valence-electron chi connectivity index (χ1n) is 6.14. The van der Waals surface area contributed by atoms with Gasteiger partial charge in [-0.3, -0.25) is 9.69 Å². The van der Waals surface area contributed by atoms with Gasteiger partial charge in [-0.1, -0.05) is 17.7 Å². The van der Waals surface area contributed by atoms with Crippen LogP contribution in [-0.4, -0.2) is 16.0 Å². The maximum Gasteiger partial charge on any atom is 0.416 e. The highest BCUT2D eigenvalue weighted by Gasteiger charge is 2.40. The molecule has 1 aliphatic heterocycles. The predicted octanol–water partition coefficient (Wildman–Crippen LogP) is 3.47. The van der Waals surface area contributed by atoms with E-state index < -0.39 is 23.8 Å². The summed E-state index contributed by atoms with van der Waals surface area (Å²) in [6, 6.07) is 5.52. The average Bonchev–Trinajstić information content (AvgIpc) is 2.69. The van der Waals surface area contributed by atoms with Crippen LogP contribution in [0.2, 0.25) is 5.15 Å². The molecule has 1 N–H and O–H groups in total. The third-order valence-electron chi connectivity index (χ3n) is 3.32. The molecule has 1 unspecified atom stereocenters. The number of aliphatic hydroxyl groups is 1. The summed E-state index contributed by atoms with van der Waals surface area (Å²) < 4.78 is 38.5. The summed E-state index contributed by atoms with van der Waals surface area (Å²) in [5, 5.41) is 10.0. The molecule has 1 atom stereocenters. The van der Waals surface area contributed by atoms with Crippen molar-refractivity contribution in [3.05, 3.63) is 52.8 Å². The van der Waals surface area contributed by atoms with Crippen LogP contribution in [0.1, 0.15) is 17.2 Å². The summed E-state index contributed by atoms with van der Waals surface area (Å²) in [5.41, 5.74) is -0.569. The Hall–Kier alpha value is -2.12. The molecule has 0 aliphatic carbocycles.